The minimum atomic E-state index is -0.902. The second-order valence-electron chi connectivity index (χ2n) is 4.98. The summed E-state index contributed by atoms with van der Waals surface area (Å²) in [5.74, 6) is -1.61. The van der Waals surface area contributed by atoms with Crippen LogP contribution in [0, 0.1) is 5.82 Å². The zero-order valence-electron chi connectivity index (χ0n) is 12.0. The van der Waals surface area contributed by atoms with Crippen molar-refractivity contribution in [2.75, 3.05) is 0 Å². The molecule has 116 valence electrons. The first kappa shape index (κ1) is 15.7. The Morgan fingerprint density at radius 2 is 2.05 bits per heavy atom. The summed E-state index contributed by atoms with van der Waals surface area (Å²) >= 11 is 0. The summed E-state index contributed by atoms with van der Waals surface area (Å²) in [5, 5.41) is 17.9. The van der Waals surface area contributed by atoms with Gasteiger partial charge in [0, 0.05) is 18.0 Å². The quantitative estimate of drug-likeness (QED) is 0.762. The van der Waals surface area contributed by atoms with Crippen LogP contribution >= 0.6 is 0 Å². The highest BCUT2D eigenvalue weighted by molar-refractivity contribution is 5.93. The monoisotopic (exact) mass is 305 g/mol. The molecule has 0 fully saturated rings. The van der Waals surface area contributed by atoms with Crippen molar-refractivity contribution in [3.63, 3.8) is 0 Å². The number of aromatic nitrogens is 2. The van der Waals surface area contributed by atoms with E-state index in [1.165, 1.54) is 12.1 Å². The predicted molar refractivity (Wildman–Crippen MR) is 77.8 cm³/mol. The molecule has 0 spiro atoms. The molecule has 0 aliphatic carbocycles. The van der Waals surface area contributed by atoms with Gasteiger partial charge in [0.05, 0.1) is 5.69 Å². The van der Waals surface area contributed by atoms with Crippen LogP contribution in [0.15, 0.2) is 30.3 Å². The molecule has 0 aliphatic heterocycles. The third-order valence-electron chi connectivity index (χ3n) is 3.13. The van der Waals surface area contributed by atoms with E-state index in [9.17, 15) is 14.0 Å². The number of hydrogen-bond donors (Lipinski definition) is 3. The Kier molecular flexibility index (Phi) is 4.88. The summed E-state index contributed by atoms with van der Waals surface area (Å²) < 4.78 is 12.9. The van der Waals surface area contributed by atoms with Crippen LogP contribution in [0.25, 0.3) is 11.3 Å². The van der Waals surface area contributed by atoms with Gasteiger partial charge in [-0.25, -0.2) is 4.39 Å². The van der Waals surface area contributed by atoms with Crippen molar-refractivity contribution in [2.24, 2.45) is 0 Å². The SMILES string of the molecule is CC(CCC(=O)O)NC(=O)c1cc(-c2ccc(F)cc2)n[nH]1. The summed E-state index contributed by atoms with van der Waals surface area (Å²) in [7, 11) is 0. The second-order valence-corrected chi connectivity index (χ2v) is 4.98. The molecule has 1 atom stereocenters. The molecule has 0 aliphatic rings. The smallest absolute Gasteiger partial charge is 0.303 e. The van der Waals surface area contributed by atoms with Gasteiger partial charge in [0.1, 0.15) is 11.5 Å². The van der Waals surface area contributed by atoms with E-state index in [1.807, 2.05) is 0 Å². The first-order chi connectivity index (χ1) is 10.5. The molecule has 3 N–H and O–H groups in total. The third-order valence-corrected chi connectivity index (χ3v) is 3.13. The number of nitrogens with one attached hydrogen (secondary N) is 2. The van der Waals surface area contributed by atoms with E-state index in [1.54, 1.807) is 25.1 Å². The number of rotatable bonds is 6. The van der Waals surface area contributed by atoms with Crippen molar-refractivity contribution in [3.05, 3.63) is 41.8 Å². The van der Waals surface area contributed by atoms with Crippen LogP contribution in [0.3, 0.4) is 0 Å². The third kappa shape index (κ3) is 4.15. The van der Waals surface area contributed by atoms with Gasteiger partial charge < -0.3 is 10.4 Å². The molecule has 7 heteroatoms. The Labute approximate surface area is 126 Å². The molecule has 2 aromatic rings. The lowest BCUT2D eigenvalue weighted by Crippen LogP contribution is -2.33. The summed E-state index contributed by atoms with van der Waals surface area (Å²) in [5.41, 5.74) is 1.49. The van der Waals surface area contributed by atoms with Gasteiger partial charge in [-0.2, -0.15) is 5.10 Å². The van der Waals surface area contributed by atoms with Gasteiger partial charge >= 0.3 is 5.97 Å². The van der Waals surface area contributed by atoms with E-state index in [-0.39, 0.29) is 29.9 Å². The molecule has 2 rings (SSSR count). The van der Waals surface area contributed by atoms with Crippen LogP contribution in [0.4, 0.5) is 4.39 Å². The number of carboxylic acids is 1. The topological polar surface area (TPSA) is 95.1 Å². The van der Waals surface area contributed by atoms with E-state index in [4.69, 9.17) is 5.11 Å². The fourth-order valence-electron chi connectivity index (χ4n) is 1.92. The average molecular weight is 305 g/mol. The molecule has 6 nitrogen and oxygen atoms in total. The van der Waals surface area contributed by atoms with Gasteiger partial charge in [0.2, 0.25) is 0 Å². The van der Waals surface area contributed by atoms with Gasteiger partial charge in [-0.05, 0) is 43.7 Å². The Bertz CT molecular complexity index is 667. The molecule has 1 aromatic carbocycles. The molecular formula is C15H16FN3O3. The minimum absolute atomic E-state index is 0.00868. The van der Waals surface area contributed by atoms with E-state index < -0.39 is 5.97 Å². The largest absolute Gasteiger partial charge is 0.481 e. The molecule has 1 aromatic heterocycles. The highest BCUT2D eigenvalue weighted by Gasteiger charge is 2.14. The number of carboxylic acid groups (broad SMARTS) is 1. The Morgan fingerprint density at radius 1 is 1.36 bits per heavy atom. The number of carbonyl (C=O) groups excluding carboxylic acids is 1. The Morgan fingerprint density at radius 3 is 2.68 bits per heavy atom. The fourth-order valence-corrected chi connectivity index (χ4v) is 1.92. The molecule has 0 bridgehead atoms. The van der Waals surface area contributed by atoms with Crippen LogP contribution in [0.1, 0.15) is 30.3 Å². The minimum Gasteiger partial charge on any atom is -0.481 e. The van der Waals surface area contributed by atoms with Crippen LogP contribution in [0.2, 0.25) is 0 Å². The van der Waals surface area contributed by atoms with E-state index in [2.05, 4.69) is 15.5 Å². The van der Waals surface area contributed by atoms with Gasteiger partial charge in [-0.15, -0.1) is 0 Å². The number of carbonyl (C=O) groups is 2. The lowest BCUT2D eigenvalue weighted by molar-refractivity contribution is -0.137. The number of amides is 1. The normalized spacial score (nSPS) is 11.9. The summed E-state index contributed by atoms with van der Waals surface area (Å²) in [4.78, 5) is 22.5. The van der Waals surface area contributed by atoms with Crippen molar-refractivity contribution < 1.29 is 19.1 Å². The first-order valence-electron chi connectivity index (χ1n) is 6.79. The van der Waals surface area contributed by atoms with E-state index in [0.29, 0.717) is 17.7 Å². The maximum Gasteiger partial charge on any atom is 0.303 e. The van der Waals surface area contributed by atoms with Crippen LogP contribution in [-0.2, 0) is 4.79 Å². The number of hydrogen-bond acceptors (Lipinski definition) is 3. The fraction of sp³-hybridized carbons (Fsp3) is 0.267. The van der Waals surface area contributed by atoms with Crippen molar-refractivity contribution in [1.82, 2.24) is 15.5 Å². The standard InChI is InChI=1S/C15H16FN3O3/c1-9(2-7-14(20)21)17-15(22)13-8-12(18-19-13)10-3-5-11(16)6-4-10/h3-6,8-9H,2,7H2,1H3,(H,17,22)(H,18,19)(H,20,21). The first-order valence-corrected chi connectivity index (χ1v) is 6.79. The molecule has 0 radical (unpaired) electrons. The van der Waals surface area contributed by atoms with Crippen LogP contribution < -0.4 is 5.32 Å². The average Bonchev–Trinajstić information content (AvgIpc) is 2.96. The Balaban J connectivity index is 2.00. The lowest BCUT2D eigenvalue weighted by atomic mass is 10.1. The number of nitrogens with zero attached hydrogens (tertiary/aromatic N) is 1. The summed E-state index contributed by atoms with van der Waals surface area (Å²) in [6.45, 7) is 1.73. The van der Waals surface area contributed by atoms with Crippen molar-refractivity contribution in [2.45, 2.75) is 25.8 Å². The number of aliphatic carboxylic acids is 1. The van der Waals surface area contributed by atoms with Crippen molar-refractivity contribution in [1.29, 1.82) is 0 Å². The van der Waals surface area contributed by atoms with Crippen molar-refractivity contribution >= 4 is 11.9 Å². The predicted octanol–water partition coefficient (Wildman–Crippen LogP) is 2.20. The van der Waals surface area contributed by atoms with Gasteiger partial charge in [-0.3, -0.25) is 14.7 Å². The molecule has 1 unspecified atom stereocenters. The molecule has 22 heavy (non-hydrogen) atoms. The van der Waals surface area contributed by atoms with Crippen LogP contribution in [-0.4, -0.2) is 33.2 Å². The van der Waals surface area contributed by atoms with E-state index >= 15 is 0 Å². The summed E-state index contributed by atoms with van der Waals surface area (Å²) in [6.07, 6.45) is 0.339. The number of H-pyrrole nitrogens is 1. The summed E-state index contributed by atoms with van der Waals surface area (Å²) in [6, 6.07) is 7.08. The highest BCUT2D eigenvalue weighted by Crippen LogP contribution is 2.18. The molecule has 0 saturated carbocycles. The maximum atomic E-state index is 12.9. The van der Waals surface area contributed by atoms with Crippen molar-refractivity contribution in [3.8, 4) is 11.3 Å². The van der Waals surface area contributed by atoms with Gasteiger partial charge in [0.15, 0.2) is 0 Å². The zero-order valence-corrected chi connectivity index (χ0v) is 12.0. The highest BCUT2D eigenvalue weighted by atomic mass is 19.1. The molecule has 0 saturated heterocycles. The number of halogens is 1. The second kappa shape index (κ2) is 6.84. The number of benzene rings is 1. The maximum absolute atomic E-state index is 12.9. The molecular weight excluding hydrogens is 289 g/mol. The Hall–Kier alpha value is -2.70. The zero-order chi connectivity index (χ0) is 16.1. The number of aromatic amines is 1. The van der Waals surface area contributed by atoms with Gasteiger partial charge in [-0.1, -0.05) is 0 Å². The van der Waals surface area contributed by atoms with Crippen LogP contribution in [0.5, 0.6) is 0 Å². The lowest BCUT2D eigenvalue weighted by Gasteiger charge is -2.11. The van der Waals surface area contributed by atoms with E-state index in [0.717, 1.165) is 0 Å². The van der Waals surface area contributed by atoms with Gasteiger partial charge in [0.25, 0.3) is 5.91 Å². The molecule has 1 heterocycles. The molecule has 1 amide bonds.